The fourth-order valence-corrected chi connectivity index (χ4v) is 5.91. The molecule has 0 spiro atoms. The van der Waals surface area contributed by atoms with Gasteiger partial charge in [0.25, 0.3) is 0 Å². The van der Waals surface area contributed by atoms with Gasteiger partial charge in [0, 0.05) is 11.1 Å². The zero-order chi connectivity index (χ0) is 28.2. The molecule has 40 heavy (non-hydrogen) atoms. The fraction of sp³-hybridized carbons (Fsp3) is 0.562. The van der Waals surface area contributed by atoms with Crippen LogP contribution in [0, 0.1) is 23.5 Å². The first kappa shape index (κ1) is 30.4. The Hall–Kier alpha value is -2.52. The van der Waals surface area contributed by atoms with Gasteiger partial charge in [-0.2, -0.15) is 0 Å². The van der Waals surface area contributed by atoms with E-state index in [1.54, 1.807) is 24.3 Å². The number of ketones is 2. The molecule has 2 saturated heterocycles. The van der Waals surface area contributed by atoms with Gasteiger partial charge in [-0.25, -0.2) is 8.78 Å². The lowest BCUT2D eigenvalue weighted by molar-refractivity contribution is -0.910. The molecule has 4 rings (SSSR count). The van der Waals surface area contributed by atoms with Crippen molar-refractivity contribution in [2.45, 2.75) is 38.5 Å². The first-order valence-corrected chi connectivity index (χ1v) is 14.9. The number of morpholine rings is 2. The minimum absolute atomic E-state index is 0.0948. The van der Waals surface area contributed by atoms with E-state index >= 15 is 0 Å². The third-order valence-corrected chi connectivity index (χ3v) is 8.32. The Labute approximate surface area is 236 Å². The largest absolute Gasteiger partial charge is 0.370 e. The summed E-state index contributed by atoms with van der Waals surface area (Å²) in [7, 11) is 0. The average molecular weight is 559 g/mol. The van der Waals surface area contributed by atoms with Gasteiger partial charge in [-0.1, -0.05) is 25.7 Å². The molecule has 0 radical (unpaired) electrons. The molecule has 0 saturated carbocycles. The summed E-state index contributed by atoms with van der Waals surface area (Å²) in [6.07, 6.45) is 5.47. The quantitative estimate of drug-likeness (QED) is 0.261. The molecule has 2 fully saturated rings. The van der Waals surface area contributed by atoms with Crippen molar-refractivity contribution in [3.8, 4) is 0 Å². The van der Waals surface area contributed by atoms with Gasteiger partial charge in [0.1, 0.15) is 37.8 Å². The number of hydrogen-bond donors (Lipinski definition) is 2. The molecule has 0 aliphatic carbocycles. The van der Waals surface area contributed by atoms with Gasteiger partial charge in [0.05, 0.1) is 51.4 Å². The number of nitrogens with one attached hydrogen (secondary N) is 2. The van der Waals surface area contributed by atoms with E-state index in [1.807, 2.05) is 0 Å². The topological polar surface area (TPSA) is 61.5 Å². The Morgan fingerprint density at radius 2 is 0.950 bits per heavy atom. The van der Waals surface area contributed by atoms with Gasteiger partial charge in [0.2, 0.25) is 0 Å². The molecule has 6 nitrogen and oxygen atoms in total. The Balaban J connectivity index is 1.28. The van der Waals surface area contributed by atoms with E-state index in [4.69, 9.17) is 9.47 Å². The van der Waals surface area contributed by atoms with Gasteiger partial charge in [-0.15, -0.1) is 0 Å². The van der Waals surface area contributed by atoms with E-state index in [9.17, 15) is 18.4 Å². The second kappa shape index (κ2) is 16.1. The summed E-state index contributed by atoms with van der Waals surface area (Å²) < 4.78 is 37.8. The Kier molecular flexibility index (Phi) is 12.2. The van der Waals surface area contributed by atoms with Crippen LogP contribution in [0.5, 0.6) is 0 Å². The van der Waals surface area contributed by atoms with Crippen molar-refractivity contribution in [3.63, 3.8) is 0 Å². The number of halogens is 2. The molecule has 2 unspecified atom stereocenters. The highest BCUT2D eigenvalue weighted by Crippen LogP contribution is 2.20. The number of ether oxygens (including phenoxy) is 2. The number of unbranched alkanes of at least 4 members (excludes halogenated alkanes) is 3. The molecule has 2 atom stereocenters. The van der Waals surface area contributed by atoms with Crippen LogP contribution >= 0.6 is 0 Å². The molecular weight excluding hydrogens is 514 g/mol. The normalized spacial score (nSPS) is 18.4. The number of carbonyl (C=O) groups excluding carboxylic acids is 2. The van der Waals surface area contributed by atoms with E-state index < -0.39 is 0 Å². The molecule has 2 aliphatic rings. The molecule has 218 valence electrons. The summed E-state index contributed by atoms with van der Waals surface area (Å²) in [5.41, 5.74) is 1.15. The molecule has 0 bridgehead atoms. The molecule has 2 aromatic rings. The van der Waals surface area contributed by atoms with Crippen LogP contribution in [0.25, 0.3) is 0 Å². The third kappa shape index (κ3) is 9.54. The summed E-state index contributed by atoms with van der Waals surface area (Å²) in [6.45, 7) is 8.04. The maximum atomic E-state index is 13.4. The Bertz CT molecular complexity index is 966. The van der Waals surface area contributed by atoms with Gasteiger partial charge < -0.3 is 19.3 Å². The summed E-state index contributed by atoms with van der Waals surface area (Å²) >= 11 is 0. The first-order valence-electron chi connectivity index (χ1n) is 14.9. The van der Waals surface area contributed by atoms with Crippen LogP contribution in [-0.4, -0.2) is 77.3 Å². The summed E-state index contributed by atoms with van der Waals surface area (Å²) in [4.78, 5) is 29.4. The standard InChI is InChI=1S/C32H42F2N2O4/c33-29-11-7-25(8-12-29)31(37)27(23-35-15-19-39-20-16-35)5-3-1-2-4-6-28(24-36-17-21-40-22-18-36)32(38)26-9-13-30(34)14-10-26/h7-14,27-28H,1-6,15-24H2/p+2. The number of rotatable bonds is 15. The minimum Gasteiger partial charge on any atom is -0.370 e. The number of Topliss-reactive ketones (excluding diaryl/α,β-unsaturated/α-hetero) is 2. The number of hydrogen-bond acceptors (Lipinski definition) is 4. The zero-order valence-corrected chi connectivity index (χ0v) is 23.5. The van der Waals surface area contributed by atoms with Gasteiger partial charge >= 0.3 is 0 Å². The van der Waals surface area contributed by atoms with Crippen LogP contribution in [0.2, 0.25) is 0 Å². The van der Waals surface area contributed by atoms with Crippen molar-refractivity contribution in [2.24, 2.45) is 11.8 Å². The van der Waals surface area contributed by atoms with E-state index in [0.717, 1.165) is 104 Å². The Morgan fingerprint density at radius 3 is 1.30 bits per heavy atom. The van der Waals surface area contributed by atoms with E-state index in [0.29, 0.717) is 11.1 Å². The highest BCUT2D eigenvalue weighted by molar-refractivity contribution is 5.98. The highest BCUT2D eigenvalue weighted by atomic mass is 19.1. The van der Waals surface area contributed by atoms with E-state index in [2.05, 4.69) is 0 Å². The lowest BCUT2D eigenvalue weighted by atomic mass is 9.89. The van der Waals surface area contributed by atoms with Crippen molar-refractivity contribution < 1.29 is 37.6 Å². The minimum atomic E-state index is -0.335. The maximum Gasteiger partial charge on any atom is 0.171 e. The van der Waals surface area contributed by atoms with Crippen LogP contribution < -0.4 is 9.80 Å². The SMILES string of the molecule is O=C(c1ccc(F)cc1)C(CCCCCCC(C[NH+]1CCOCC1)C(=O)c1ccc(F)cc1)C[NH+]1CCOCC1. The van der Waals surface area contributed by atoms with Crippen LogP contribution in [0.4, 0.5) is 8.78 Å². The monoisotopic (exact) mass is 558 g/mol. The number of carbonyl (C=O) groups is 2. The second-order valence-electron chi connectivity index (χ2n) is 11.3. The highest BCUT2D eigenvalue weighted by Gasteiger charge is 2.28. The van der Waals surface area contributed by atoms with Gasteiger partial charge in [-0.05, 0) is 61.4 Å². The van der Waals surface area contributed by atoms with Gasteiger partial charge in [-0.3, -0.25) is 9.59 Å². The summed E-state index contributed by atoms with van der Waals surface area (Å²) in [6, 6.07) is 11.8. The molecule has 0 amide bonds. The summed E-state index contributed by atoms with van der Waals surface area (Å²) in [5, 5.41) is 0. The molecular formula is C32H44F2N2O4+2. The molecule has 0 aromatic heterocycles. The lowest BCUT2D eigenvalue weighted by Gasteiger charge is -2.27. The third-order valence-electron chi connectivity index (χ3n) is 8.32. The maximum absolute atomic E-state index is 13.4. The first-order chi connectivity index (χ1) is 19.5. The average Bonchev–Trinajstić information content (AvgIpc) is 2.99. The van der Waals surface area contributed by atoms with Crippen LogP contribution in [0.1, 0.15) is 59.2 Å². The van der Waals surface area contributed by atoms with Crippen LogP contribution in [0.15, 0.2) is 48.5 Å². The van der Waals surface area contributed by atoms with E-state index in [-0.39, 0.29) is 35.0 Å². The molecule has 2 N–H and O–H groups in total. The second-order valence-corrected chi connectivity index (χ2v) is 11.3. The van der Waals surface area contributed by atoms with Crippen LogP contribution in [-0.2, 0) is 9.47 Å². The lowest BCUT2D eigenvalue weighted by Crippen LogP contribution is -3.14. The number of benzene rings is 2. The fourth-order valence-electron chi connectivity index (χ4n) is 5.91. The molecule has 2 aliphatic heterocycles. The molecule has 8 heteroatoms. The Morgan fingerprint density at radius 1 is 0.600 bits per heavy atom. The van der Waals surface area contributed by atoms with Crippen molar-refractivity contribution in [1.29, 1.82) is 0 Å². The number of quaternary nitrogens is 2. The smallest absolute Gasteiger partial charge is 0.171 e. The predicted molar refractivity (Wildman–Crippen MR) is 149 cm³/mol. The predicted octanol–water partition coefficient (Wildman–Crippen LogP) is 2.43. The van der Waals surface area contributed by atoms with Crippen LogP contribution in [0.3, 0.4) is 0 Å². The summed E-state index contributed by atoms with van der Waals surface area (Å²) in [5.74, 6) is -0.681. The molecule has 2 aromatic carbocycles. The van der Waals surface area contributed by atoms with Crippen molar-refractivity contribution >= 4 is 11.6 Å². The van der Waals surface area contributed by atoms with Gasteiger partial charge in [0.15, 0.2) is 11.6 Å². The van der Waals surface area contributed by atoms with E-state index in [1.165, 1.54) is 34.1 Å². The van der Waals surface area contributed by atoms with Crippen molar-refractivity contribution in [3.05, 3.63) is 71.3 Å². The zero-order valence-electron chi connectivity index (χ0n) is 23.5. The van der Waals surface area contributed by atoms with Crippen molar-refractivity contribution in [1.82, 2.24) is 0 Å². The molecule has 2 heterocycles. The van der Waals surface area contributed by atoms with Crippen molar-refractivity contribution in [2.75, 3.05) is 65.7 Å².